The molecule has 0 bridgehead atoms. The third-order valence-electron chi connectivity index (χ3n) is 2.45. The lowest BCUT2D eigenvalue weighted by Gasteiger charge is -2.09. The van der Waals surface area contributed by atoms with Crippen LogP contribution < -0.4 is 0 Å². The van der Waals surface area contributed by atoms with E-state index >= 15 is 0 Å². The minimum Gasteiger partial charge on any atom is -0.477 e. The summed E-state index contributed by atoms with van der Waals surface area (Å²) >= 11 is 0. The number of aryl methyl sites for hydroxylation is 1. The summed E-state index contributed by atoms with van der Waals surface area (Å²) in [6, 6.07) is 3.61. The SMILES string of the molecule is Cn1nc(-c2cccnc2C(F)(F)F)cc1C(=O)O. The van der Waals surface area contributed by atoms with E-state index < -0.39 is 17.8 Å². The molecule has 19 heavy (non-hydrogen) atoms. The summed E-state index contributed by atoms with van der Waals surface area (Å²) in [5, 5.41) is 12.6. The van der Waals surface area contributed by atoms with E-state index in [1.807, 2.05) is 0 Å². The number of aromatic carboxylic acids is 1. The Labute approximate surface area is 105 Å². The number of carbonyl (C=O) groups is 1. The molecular formula is C11H8F3N3O2. The van der Waals surface area contributed by atoms with Crippen molar-refractivity contribution in [2.75, 3.05) is 0 Å². The fourth-order valence-corrected chi connectivity index (χ4v) is 1.64. The highest BCUT2D eigenvalue weighted by atomic mass is 19.4. The van der Waals surface area contributed by atoms with Crippen LogP contribution in [0.3, 0.4) is 0 Å². The van der Waals surface area contributed by atoms with Crippen molar-refractivity contribution in [2.45, 2.75) is 6.18 Å². The van der Waals surface area contributed by atoms with Crippen molar-refractivity contribution in [3.8, 4) is 11.3 Å². The van der Waals surface area contributed by atoms with Gasteiger partial charge >= 0.3 is 12.1 Å². The Bertz CT molecular complexity index is 634. The van der Waals surface area contributed by atoms with Crippen molar-refractivity contribution in [3.05, 3.63) is 35.8 Å². The van der Waals surface area contributed by atoms with Gasteiger partial charge in [0.15, 0.2) is 5.69 Å². The lowest BCUT2D eigenvalue weighted by molar-refractivity contribution is -0.140. The van der Waals surface area contributed by atoms with Gasteiger partial charge in [-0.05, 0) is 18.2 Å². The molecule has 1 N–H and O–H groups in total. The molecule has 0 aromatic carbocycles. The van der Waals surface area contributed by atoms with Crippen LogP contribution in [0.5, 0.6) is 0 Å². The van der Waals surface area contributed by atoms with Crippen molar-refractivity contribution in [1.82, 2.24) is 14.8 Å². The second kappa shape index (κ2) is 4.38. The molecule has 0 fully saturated rings. The molecule has 8 heteroatoms. The summed E-state index contributed by atoms with van der Waals surface area (Å²) < 4.78 is 39.4. The number of hydrogen-bond donors (Lipinski definition) is 1. The lowest BCUT2D eigenvalue weighted by atomic mass is 10.1. The van der Waals surface area contributed by atoms with E-state index in [0.717, 1.165) is 16.9 Å². The first-order chi connectivity index (χ1) is 8.80. The zero-order valence-electron chi connectivity index (χ0n) is 9.64. The van der Waals surface area contributed by atoms with Crippen LogP contribution in [-0.4, -0.2) is 25.8 Å². The molecular weight excluding hydrogens is 263 g/mol. The molecule has 0 aliphatic heterocycles. The molecule has 0 saturated heterocycles. The third kappa shape index (κ3) is 2.42. The van der Waals surface area contributed by atoms with Gasteiger partial charge in [-0.2, -0.15) is 18.3 Å². The normalized spacial score (nSPS) is 11.6. The fourth-order valence-electron chi connectivity index (χ4n) is 1.64. The van der Waals surface area contributed by atoms with Gasteiger partial charge in [-0.1, -0.05) is 0 Å². The molecule has 5 nitrogen and oxygen atoms in total. The smallest absolute Gasteiger partial charge is 0.434 e. The quantitative estimate of drug-likeness (QED) is 0.909. The van der Waals surface area contributed by atoms with Gasteiger partial charge in [0.05, 0.1) is 5.69 Å². The van der Waals surface area contributed by atoms with Crippen LogP contribution in [-0.2, 0) is 13.2 Å². The minimum absolute atomic E-state index is 0.0830. The molecule has 0 atom stereocenters. The molecule has 0 aliphatic carbocycles. The van der Waals surface area contributed by atoms with Crippen LogP contribution in [0.15, 0.2) is 24.4 Å². The highest BCUT2D eigenvalue weighted by Crippen LogP contribution is 2.34. The molecule has 2 heterocycles. The average Bonchev–Trinajstić information content (AvgIpc) is 2.70. The van der Waals surface area contributed by atoms with Crippen molar-refractivity contribution in [3.63, 3.8) is 0 Å². The Morgan fingerprint density at radius 3 is 2.63 bits per heavy atom. The standard InChI is InChI=1S/C11H8F3N3O2/c1-17-8(10(18)19)5-7(16-17)6-3-2-4-15-9(6)11(12,13)14/h2-5H,1H3,(H,18,19). The highest BCUT2D eigenvalue weighted by Gasteiger charge is 2.36. The van der Waals surface area contributed by atoms with E-state index in [-0.39, 0.29) is 17.0 Å². The van der Waals surface area contributed by atoms with Gasteiger partial charge in [0.1, 0.15) is 5.69 Å². The molecule has 0 aliphatic rings. The largest absolute Gasteiger partial charge is 0.477 e. The monoisotopic (exact) mass is 271 g/mol. The topological polar surface area (TPSA) is 68.0 Å². The van der Waals surface area contributed by atoms with Gasteiger partial charge in [0, 0.05) is 18.8 Å². The number of aromatic nitrogens is 3. The first kappa shape index (κ1) is 13.1. The van der Waals surface area contributed by atoms with Crippen LogP contribution in [0.4, 0.5) is 13.2 Å². The summed E-state index contributed by atoms with van der Waals surface area (Å²) in [5.41, 5.74) is -1.63. The summed E-state index contributed by atoms with van der Waals surface area (Å²) in [6.45, 7) is 0. The molecule has 0 amide bonds. The first-order valence-electron chi connectivity index (χ1n) is 5.10. The highest BCUT2D eigenvalue weighted by molar-refractivity contribution is 5.87. The van der Waals surface area contributed by atoms with E-state index in [4.69, 9.17) is 5.11 Å². The Balaban J connectivity index is 2.60. The number of carboxylic acid groups (broad SMARTS) is 1. The van der Waals surface area contributed by atoms with Gasteiger partial charge in [0.25, 0.3) is 0 Å². The van der Waals surface area contributed by atoms with Crippen molar-refractivity contribution in [2.24, 2.45) is 7.05 Å². The van der Waals surface area contributed by atoms with Gasteiger partial charge in [-0.25, -0.2) is 4.79 Å². The number of nitrogens with zero attached hydrogens (tertiary/aromatic N) is 3. The van der Waals surface area contributed by atoms with Gasteiger partial charge in [0.2, 0.25) is 0 Å². The zero-order valence-corrected chi connectivity index (χ0v) is 9.64. The summed E-state index contributed by atoms with van der Waals surface area (Å²) in [5.74, 6) is -1.27. The summed E-state index contributed by atoms with van der Waals surface area (Å²) in [7, 11) is 1.34. The number of rotatable bonds is 2. The summed E-state index contributed by atoms with van der Waals surface area (Å²) in [4.78, 5) is 14.1. The Morgan fingerprint density at radius 1 is 1.42 bits per heavy atom. The van der Waals surface area contributed by atoms with Crippen LogP contribution in [0.1, 0.15) is 16.2 Å². The van der Waals surface area contributed by atoms with E-state index in [1.165, 1.54) is 19.2 Å². The van der Waals surface area contributed by atoms with Gasteiger partial charge in [-0.3, -0.25) is 9.67 Å². The lowest BCUT2D eigenvalue weighted by Crippen LogP contribution is -2.10. The Hall–Kier alpha value is -2.38. The van der Waals surface area contributed by atoms with Crippen LogP contribution >= 0.6 is 0 Å². The minimum atomic E-state index is -4.63. The average molecular weight is 271 g/mol. The molecule has 100 valence electrons. The maximum absolute atomic E-state index is 12.8. The number of halogens is 3. The molecule has 2 aromatic heterocycles. The molecule has 0 radical (unpaired) electrons. The summed E-state index contributed by atoms with van der Waals surface area (Å²) in [6.07, 6.45) is -3.61. The third-order valence-corrected chi connectivity index (χ3v) is 2.45. The van der Waals surface area contributed by atoms with E-state index in [9.17, 15) is 18.0 Å². The van der Waals surface area contributed by atoms with E-state index in [2.05, 4.69) is 10.1 Å². The number of hydrogen-bond acceptors (Lipinski definition) is 3. The first-order valence-corrected chi connectivity index (χ1v) is 5.10. The van der Waals surface area contributed by atoms with Gasteiger partial charge < -0.3 is 5.11 Å². The van der Waals surface area contributed by atoms with Gasteiger partial charge in [-0.15, -0.1) is 0 Å². The molecule has 0 unspecified atom stereocenters. The van der Waals surface area contributed by atoms with Crippen LogP contribution in [0.2, 0.25) is 0 Å². The van der Waals surface area contributed by atoms with Crippen molar-refractivity contribution >= 4 is 5.97 Å². The number of pyridine rings is 1. The van der Waals surface area contributed by atoms with Crippen LogP contribution in [0, 0.1) is 0 Å². The predicted molar refractivity (Wildman–Crippen MR) is 58.4 cm³/mol. The Kier molecular flexibility index (Phi) is 3.01. The number of alkyl halides is 3. The zero-order chi connectivity index (χ0) is 14.2. The van der Waals surface area contributed by atoms with Crippen molar-refractivity contribution in [1.29, 1.82) is 0 Å². The number of carboxylic acids is 1. The molecule has 0 spiro atoms. The second-order valence-corrected chi connectivity index (χ2v) is 3.74. The molecule has 2 aromatic rings. The maximum Gasteiger partial charge on any atom is 0.434 e. The van der Waals surface area contributed by atoms with Crippen molar-refractivity contribution < 1.29 is 23.1 Å². The molecule has 2 rings (SSSR count). The maximum atomic E-state index is 12.8. The van der Waals surface area contributed by atoms with E-state index in [0.29, 0.717) is 0 Å². The fraction of sp³-hybridized carbons (Fsp3) is 0.182. The molecule has 0 saturated carbocycles. The van der Waals surface area contributed by atoms with Crippen LogP contribution in [0.25, 0.3) is 11.3 Å². The Morgan fingerprint density at radius 2 is 2.11 bits per heavy atom. The predicted octanol–water partition coefficient (Wildman–Crippen LogP) is 2.20. The van der Waals surface area contributed by atoms with E-state index in [1.54, 1.807) is 0 Å². The second-order valence-electron chi connectivity index (χ2n) is 3.74.